The van der Waals surface area contributed by atoms with Crippen LogP contribution in [0.25, 0.3) is 0 Å². The van der Waals surface area contributed by atoms with Crippen LogP contribution in [0.1, 0.15) is 6.92 Å². The Kier molecular flexibility index (Phi) is 16.4. The lowest BCUT2D eigenvalue weighted by molar-refractivity contribution is -0.384. The van der Waals surface area contributed by atoms with Crippen LogP contribution in [0.15, 0.2) is 54.6 Å². The number of para-hydroxylation sites is 1. The SMILES string of the molecule is CCO.NC(=O)S.NC(=O)S.O=[N+]([O-])c1ccc(Oc2ccccc2)cc1. The van der Waals surface area contributed by atoms with Crippen LogP contribution in [-0.4, -0.2) is 27.1 Å². The van der Waals surface area contributed by atoms with Gasteiger partial charge in [-0.15, -0.1) is 0 Å². The number of nitro benzene ring substituents is 1. The van der Waals surface area contributed by atoms with Crippen molar-refractivity contribution in [2.24, 2.45) is 11.5 Å². The monoisotopic (exact) mass is 415 g/mol. The maximum Gasteiger partial charge on any atom is 0.273 e. The van der Waals surface area contributed by atoms with Gasteiger partial charge in [0, 0.05) is 18.7 Å². The molecule has 0 atom stereocenters. The molecule has 11 heteroatoms. The molecule has 2 aromatic carbocycles. The molecule has 0 aromatic heterocycles. The fraction of sp³-hybridized carbons (Fsp3) is 0.125. The molecule has 148 valence electrons. The van der Waals surface area contributed by atoms with Gasteiger partial charge < -0.3 is 21.3 Å². The Morgan fingerprint density at radius 2 is 1.33 bits per heavy atom. The third kappa shape index (κ3) is 19.4. The maximum absolute atomic E-state index is 10.4. The Hall–Kier alpha value is -2.76. The van der Waals surface area contributed by atoms with Crippen molar-refractivity contribution in [2.75, 3.05) is 6.61 Å². The lowest BCUT2D eigenvalue weighted by atomic mass is 10.3. The Morgan fingerprint density at radius 1 is 1.00 bits per heavy atom. The third-order valence-electron chi connectivity index (χ3n) is 2.03. The van der Waals surface area contributed by atoms with Crippen molar-refractivity contribution in [2.45, 2.75) is 6.92 Å². The van der Waals surface area contributed by atoms with Gasteiger partial charge in [0.05, 0.1) is 4.92 Å². The van der Waals surface area contributed by atoms with Crippen LogP contribution in [0.4, 0.5) is 15.3 Å². The number of aliphatic hydroxyl groups excluding tert-OH is 1. The van der Waals surface area contributed by atoms with Crippen LogP contribution in [0.2, 0.25) is 0 Å². The molecule has 5 N–H and O–H groups in total. The molecule has 0 heterocycles. The molecular formula is C16H21N3O6S2. The molecule has 2 amide bonds. The number of amides is 2. The van der Waals surface area contributed by atoms with Crippen LogP contribution < -0.4 is 16.2 Å². The van der Waals surface area contributed by atoms with E-state index in [1.54, 1.807) is 19.1 Å². The molecule has 0 saturated heterocycles. The number of nitrogens with zero attached hydrogens (tertiary/aromatic N) is 1. The number of benzene rings is 2. The van der Waals surface area contributed by atoms with E-state index < -0.39 is 15.4 Å². The molecule has 0 aliphatic heterocycles. The summed E-state index contributed by atoms with van der Waals surface area (Å²) < 4.78 is 5.49. The number of rotatable bonds is 3. The highest BCUT2D eigenvalue weighted by Gasteiger charge is 2.04. The number of thiol groups is 2. The van der Waals surface area contributed by atoms with Gasteiger partial charge >= 0.3 is 0 Å². The summed E-state index contributed by atoms with van der Waals surface area (Å²) >= 11 is 6.21. The summed E-state index contributed by atoms with van der Waals surface area (Å²) in [5.41, 5.74) is 8.73. The van der Waals surface area contributed by atoms with Gasteiger partial charge in [-0.3, -0.25) is 19.7 Å². The minimum absolute atomic E-state index is 0.0559. The molecule has 0 spiro atoms. The number of non-ortho nitro benzene ring substituents is 1. The van der Waals surface area contributed by atoms with E-state index in [4.69, 9.17) is 19.4 Å². The largest absolute Gasteiger partial charge is 0.457 e. The number of ether oxygens (including phenoxy) is 1. The second-order valence-corrected chi connectivity index (χ2v) is 5.04. The number of carbonyl (C=O) groups excluding carboxylic acids is 2. The van der Waals surface area contributed by atoms with Crippen molar-refractivity contribution in [1.82, 2.24) is 0 Å². The van der Waals surface area contributed by atoms with E-state index in [1.807, 2.05) is 30.3 Å². The van der Waals surface area contributed by atoms with Crippen molar-refractivity contribution < 1.29 is 24.4 Å². The van der Waals surface area contributed by atoms with E-state index in [0.29, 0.717) is 11.5 Å². The minimum atomic E-state index is -0.639. The lowest BCUT2D eigenvalue weighted by Gasteiger charge is -2.04. The van der Waals surface area contributed by atoms with Gasteiger partial charge in [0.25, 0.3) is 16.2 Å². The van der Waals surface area contributed by atoms with Gasteiger partial charge in [-0.1, -0.05) is 43.5 Å². The Bertz CT molecular complexity index is 664. The lowest BCUT2D eigenvalue weighted by Crippen LogP contribution is -1.95. The topological polar surface area (TPSA) is 159 Å². The number of carbonyl (C=O) groups is 2. The van der Waals surface area contributed by atoms with E-state index in [2.05, 4.69) is 36.7 Å². The first-order chi connectivity index (χ1) is 12.6. The minimum Gasteiger partial charge on any atom is -0.457 e. The summed E-state index contributed by atoms with van der Waals surface area (Å²) in [5, 5.41) is 16.7. The Morgan fingerprint density at radius 3 is 1.67 bits per heavy atom. The van der Waals surface area contributed by atoms with Crippen LogP contribution >= 0.6 is 25.3 Å². The predicted molar refractivity (Wildman–Crippen MR) is 110 cm³/mol. The second kappa shape index (κ2) is 16.7. The first-order valence-electron chi connectivity index (χ1n) is 7.19. The van der Waals surface area contributed by atoms with E-state index >= 15 is 0 Å². The average Bonchev–Trinajstić information content (AvgIpc) is 2.56. The van der Waals surface area contributed by atoms with Crippen LogP contribution in [0.5, 0.6) is 11.5 Å². The number of nitro groups is 1. The highest BCUT2D eigenvalue weighted by atomic mass is 32.1. The molecule has 0 saturated carbocycles. The normalized spacial score (nSPS) is 8.30. The van der Waals surface area contributed by atoms with Crippen LogP contribution in [-0.2, 0) is 0 Å². The van der Waals surface area contributed by atoms with Crippen molar-refractivity contribution in [3.63, 3.8) is 0 Å². The van der Waals surface area contributed by atoms with E-state index in [-0.39, 0.29) is 12.3 Å². The highest BCUT2D eigenvalue weighted by Crippen LogP contribution is 2.23. The number of hydrogen-bond donors (Lipinski definition) is 5. The molecule has 9 nitrogen and oxygen atoms in total. The zero-order valence-corrected chi connectivity index (χ0v) is 16.2. The fourth-order valence-electron chi connectivity index (χ4n) is 1.26. The van der Waals surface area contributed by atoms with E-state index in [1.165, 1.54) is 12.1 Å². The molecule has 0 aliphatic rings. The van der Waals surface area contributed by atoms with Crippen molar-refractivity contribution >= 4 is 41.4 Å². The van der Waals surface area contributed by atoms with Gasteiger partial charge in [-0.25, -0.2) is 0 Å². The number of primary amides is 2. The molecule has 0 bridgehead atoms. The summed E-state index contributed by atoms with van der Waals surface area (Å²) in [6.45, 7) is 1.93. The molecule has 0 fully saturated rings. The Labute approximate surface area is 167 Å². The molecule has 27 heavy (non-hydrogen) atoms. The van der Waals surface area contributed by atoms with Crippen molar-refractivity contribution in [3.05, 3.63) is 64.7 Å². The number of nitrogens with two attached hydrogens (primary N) is 2. The Balaban J connectivity index is 0. The zero-order chi connectivity index (χ0) is 21.2. The first kappa shape index (κ1) is 26.5. The smallest absolute Gasteiger partial charge is 0.273 e. The summed E-state index contributed by atoms with van der Waals surface area (Å²) in [6.07, 6.45) is 0. The molecule has 0 radical (unpaired) electrons. The molecule has 2 rings (SSSR count). The molecule has 0 unspecified atom stereocenters. The quantitative estimate of drug-likeness (QED) is 0.293. The van der Waals surface area contributed by atoms with Crippen LogP contribution in [0.3, 0.4) is 0 Å². The molecular weight excluding hydrogens is 394 g/mol. The van der Waals surface area contributed by atoms with E-state index in [0.717, 1.165) is 0 Å². The van der Waals surface area contributed by atoms with Crippen LogP contribution in [0, 0.1) is 10.1 Å². The van der Waals surface area contributed by atoms with Gasteiger partial charge in [0.2, 0.25) is 0 Å². The highest BCUT2D eigenvalue weighted by molar-refractivity contribution is 7.96. The van der Waals surface area contributed by atoms with Gasteiger partial charge in [0.1, 0.15) is 11.5 Å². The first-order valence-corrected chi connectivity index (χ1v) is 8.08. The molecule has 0 aliphatic carbocycles. The fourth-order valence-corrected chi connectivity index (χ4v) is 1.26. The average molecular weight is 415 g/mol. The van der Waals surface area contributed by atoms with Crippen molar-refractivity contribution in [3.8, 4) is 11.5 Å². The summed E-state index contributed by atoms with van der Waals surface area (Å²) in [5.74, 6) is 1.29. The summed E-state index contributed by atoms with van der Waals surface area (Å²) in [7, 11) is 0. The van der Waals surface area contributed by atoms with Crippen molar-refractivity contribution in [1.29, 1.82) is 0 Å². The summed E-state index contributed by atoms with van der Waals surface area (Å²) in [4.78, 5) is 28.2. The third-order valence-corrected chi connectivity index (χ3v) is 2.03. The van der Waals surface area contributed by atoms with E-state index in [9.17, 15) is 10.1 Å². The second-order valence-electron chi connectivity index (χ2n) is 4.16. The van der Waals surface area contributed by atoms with Gasteiger partial charge in [-0.2, -0.15) is 0 Å². The van der Waals surface area contributed by atoms with Gasteiger partial charge in [-0.05, 0) is 31.2 Å². The summed E-state index contributed by atoms with van der Waals surface area (Å²) in [6, 6.07) is 15.2. The number of aliphatic hydroxyl groups is 1. The standard InChI is InChI=1S/C12H9NO3.C2H6O.2CH3NOS/c14-13(15)10-6-8-12(9-7-10)16-11-4-2-1-3-5-11;1-2-3;2*2-1(3)4/h1-9H;3H,2H2,1H3;2*(H3,2,3,4). The zero-order valence-electron chi connectivity index (χ0n) is 14.4. The predicted octanol–water partition coefficient (Wildman–Crippen LogP) is 3.38. The maximum atomic E-state index is 10.4. The number of hydrogen-bond acceptors (Lipinski definition) is 6. The van der Waals surface area contributed by atoms with Gasteiger partial charge in [0.15, 0.2) is 0 Å². The molecule has 2 aromatic rings.